The maximum absolute atomic E-state index is 3.39. The molecule has 0 aliphatic carbocycles. The van der Waals surface area contributed by atoms with Crippen LogP contribution in [0.2, 0.25) is 0 Å². The zero-order chi connectivity index (χ0) is 13.8. The van der Waals surface area contributed by atoms with Crippen molar-refractivity contribution in [3.05, 3.63) is 58.4 Å². The Bertz CT molecular complexity index is 667. The Morgan fingerprint density at radius 3 is 2.95 bits per heavy atom. The Balaban J connectivity index is 1.79. The number of hydrogen-bond donors (Lipinski definition) is 1. The lowest BCUT2D eigenvalue weighted by Crippen LogP contribution is -2.11. The van der Waals surface area contributed by atoms with E-state index in [0.29, 0.717) is 0 Å². The normalized spacial score (nSPS) is 11.2. The maximum atomic E-state index is 3.39. The molecular weight excluding hydrogens is 264 g/mol. The molecule has 0 fully saturated rings. The number of nitrogens with zero attached hydrogens (tertiary/aromatic N) is 1. The SMILES string of the molecule is CCNCc1ccc2ccn(CCc3cccs3)c2c1. The summed E-state index contributed by atoms with van der Waals surface area (Å²) in [6.07, 6.45) is 3.31. The molecule has 0 atom stereocenters. The Morgan fingerprint density at radius 1 is 1.20 bits per heavy atom. The second kappa shape index (κ2) is 6.25. The van der Waals surface area contributed by atoms with E-state index in [2.05, 4.69) is 64.8 Å². The van der Waals surface area contributed by atoms with Gasteiger partial charge in [0.1, 0.15) is 0 Å². The van der Waals surface area contributed by atoms with Crippen LogP contribution < -0.4 is 5.32 Å². The molecule has 104 valence electrons. The van der Waals surface area contributed by atoms with Gasteiger partial charge >= 0.3 is 0 Å². The topological polar surface area (TPSA) is 17.0 Å². The molecule has 20 heavy (non-hydrogen) atoms. The van der Waals surface area contributed by atoms with Crippen LogP contribution in [0, 0.1) is 0 Å². The molecule has 0 saturated carbocycles. The summed E-state index contributed by atoms with van der Waals surface area (Å²) in [7, 11) is 0. The summed E-state index contributed by atoms with van der Waals surface area (Å²) in [4.78, 5) is 1.45. The molecule has 1 N–H and O–H groups in total. The molecule has 2 nitrogen and oxygen atoms in total. The number of aryl methyl sites for hydroxylation is 2. The van der Waals surface area contributed by atoms with Crippen LogP contribution in [0.4, 0.5) is 0 Å². The van der Waals surface area contributed by atoms with E-state index in [1.807, 2.05) is 11.3 Å². The van der Waals surface area contributed by atoms with E-state index in [0.717, 1.165) is 26.1 Å². The first-order chi connectivity index (χ1) is 9.86. The molecule has 0 aliphatic heterocycles. The highest BCUT2D eigenvalue weighted by atomic mass is 32.1. The smallest absolute Gasteiger partial charge is 0.0483 e. The van der Waals surface area contributed by atoms with Gasteiger partial charge in [0.05, 0.1) is 0 Å². The average molecular weight is 284 g/mol. The zero-order valence-electron chi connectivity index (χ0n) is 11.8. The van der Waals surface area contributed by atoms with Crippen LogP contribution in [-0.2, 0) is 19.5 Å². The van der Waals surface area contributed by atoms with Crippen molar-refractivity contribution in [1.29, 1.82) is 0 Å². The van der Waals surface area contributed by atoms with E-state index < -0.39 is 0 Å². The van der Waals surface area contributed by atoms with Gasteiger partial charge in [-0.3, -0.25) is 0 Å². The number of rotatable bonds is 6. The number of thiophene rings is 1. The van der Waals surface area contributed by atoms with Crippen molar-refractivity contribution < 1.29 is 0 Å². The van der Waals surface area contributed by atoms with E-state index in [9.17, 15) is 0 Å². The highest BCUT2D eigenvalue weighted by molar-refractivity contribution is 7.09. The monoisotopic (exact) mass is 284 g/mol. The number of fused-ring (bicyclic) bond motifs is 1. The summed E-state index contributed by atoms with van der Waals surface area (Å²) in [6, 6.07) is 13.3. The lowest BCUT2D eigenvalue weighted by Gasteiger charge is -2.07. The van der Waals surface area contributed by atoms with Crippen LogP contribution in [0.5, 0.6) is 0 Å². The van der Waals surface area contributed by atoms with Crippen molar-refractivity contribution in [2.75, 3.05) is 6.54 Å². The van der Waals surface area contributed by atoms with Crippen LogP contribution in [-0.4, -0.2) is 11.1 Å². The minimum absolute atomic E-state index is 0.947. The first-order valence-corrected chi connectivity index (χ1v) is 8.05. The largest absolute Gasteiger partial charge is 0.347 e. The third-order valence-electron chi connectivity index (χ3n) is 3.60. The molecule has 0 saturated heterocycles. The van der Waals surface area contributed by atoms with Crippen molar-refractivity contribution in [2.24, 2.45) is 0 Å². The number of hydrogen-bond acceptors (Lipinski definition) is 2. The lowest BCUT2D eigenvalue weighted by molar-refractivity contribution is 0.719. The van der Waals surface area contributed by atoms with Gasteiger partial charge in [-0.05, 0) is 47.5 Å². The van der Waals surface area contributed by atoms with Gasteiger partial charge in [0.25, 0.3) is 0 Å². The van der Waals surface area contributed by atoms with Crippen molar-refractivity contribution in [3.8, 4) is 0 Å². The first-order valence-electron chi connectivity index (χ1n) is 7.17. The fraction of sp³-hybridized carbons (Fsp3) is 0.294. The van der Waals surface area contributed by atoms with Crippen LogP contribution >= 0.6 is 11.3 Å². The Kier molecular flexibility index (Phi) is 4.19. The molecule has 0 bridgehead atoms. The quantitative estimate of drug-likeness (QED) is 0.722. The van der Waals surface area contributed by atoms with E-state index in [-0.39, 0.29) is 0 Å². The predicted octanol–water partition coefficient (Wildman–Crippen LogP) is 4.06. The molecule has 0 aliphatic rings. The molecule has 0 spiro atoms. The Hall–Kier alpha value is -1.58. The van der Waals surface area contributed by atoms with Gasteiger partial charge in [-0.25, -0.2) is 0 Å². The van der Waals surface area contributed by atoms with Crippen molar-refractivity contribution in [3.63, 3.8) is 0 Å². The predicted molar refractivity (Wildman–Crippen MR) is 87.3 cm³/mol. The second-order valence-electron chi connectivity index (χ2n) is 5.01. The summed E-state index contributed by atoms with van der Waals surface area (Å²) in [6.45, 7) is 5.15. The Labute approximate surface area is 124 Å². The minimum Gasteiger partial charge on any atom is -0.347 e. The summed E-state index contributed by atoms with van der Waals surface area (Å²) < 4.78 is 2.37. The third kappa shape index (κ3) is 2.94. The van der Waals surface area contributed by atoms with Crippen LogP contribution in [0.3, 0.4) is 0 Å². The molecule has 3 aromatic rings. The van der Waals surface area contributed by atoms with Gasteiger partial charge in [-0.2, -0.15) is 0 Å². The molecule has 2 aromatic heterocycles. The molecular formula is C17H20N2S. The molecule has 0 radical (unpaired) electrons. The minimum atomic E-state index is 0.947. The van der Waals surface area contributed by atoms with Gasteiger partial charge in [0.15, 0.2) is 0 Å². The second-order valence-corrected chi connectivity index (χ2v) is 6.04. The molecule has 3 heteroatoms. The van der Waals surface area contributed by atoms with E-state index in [1.165, 1.54) is 21.3 Å². The van der Waals surface area contributed by atoms with Gasteiger partial charge in [-0.15, -0.1) is 11.3 Å². The highest BCUT2D eigenvalue weighted by Crippen LogP contribution is 2.19. The molecule has 1 aromatic carbocycles. The van der Waals surface area contributed by atoms with Crippen LogP contribution in [0.1, 0.15) is 17.4 Å². The molecule has 3 rings (SSSR count). The summed E-state index contributed by atoms with van der Waals surface area (Å²) in [5, 5.41) is 6.87. The van der Waals surface area contributed by atoms with E-state index in [4.69, 9.17) is 0 Å². The summed E-state index contributed by atoms with van der Waals surface area (Å²) >= 11 is 1.84. The zero-order valence-corrected chi connectivity index (χ0v) is 12.6. The molecule has 0 amide bonds. The van der Waals surface area contributed by atoms with Gasteiger partial charge in [-0.1, -0.05) is 25.1 Å². The van der Waals surface area contributed by atoms with Gasteiger partial charge in [0, 0.05) is 29.7 Å². The van der Waals surface area contributed by atoms with Crippen molar-refractivity contribution in [2.45, 2.75) is 26.4 Å². The van der Waals surface area contributed by atoms with Gasteiger partial charge < -0.3 is 9.88 Å². The molecule has 2 heterocycles. The number of benzene rings is 1. The fourth-order valence-corrected chi connectivity index (χ4v) is 3.19. The van der Waals surface area contributed by atoms with E-state index in [1.54, 1.807) is 0 Å². The van der Waals surface area contributed by atoms with Crippen LogP contribution in [0.25, 0.3) is 10.9 Å². The standard InChI is InChI=1S/C17H20N2S/c1-2-18-13-14-5-6-15-7-9-19(17(15)12-14)10-8-16-4-3-11-20-16/h3-7,9,11-12,18H,2,8,10,13H2,1H3. The molecule has 0 unspecified atom stereocenters. The first kappa shape index (κ1) is 13.4. The highest BCUT2D eigenvalue weighted by Gasteiger charge is 2.03. The maximum Gasteiger partial charge on any atom is 0.0483 e. The fourth-order valence-electron chi connectivity index (χ4n) is 2.49. The summed E-state index contributed by atoms with van der Waals surface area (Å²) in [5.74, 6) is 0. The third-order valence-corrected chi connectivity index (χ3v) is 4.53. The van der Waals surface area contributed by atoms with Crippen LogP contribution in [0.15, 0.2) is 48.0 Å². The van der Waals surface area contributed by atoms with E-state index >= 15 is 0 Å². The Morgan fingerprint density at radius 2 is 2.15 bits per heavy atom. The number of nitrogens with one attached hydrogen (secondary N) is 1. The number of aromatic nitrogens is 1. The average Bonchev–Trinajstić information content (AvgIpc) is 3.12. The van der Waals surface area contributed by atoms with Crippen molar-refractivity contribution >= 4 is 22.2 Å². The summed E-state index contributed by atoms with van der Waals surface area (Å²) in [5.41, 5.74) is 2.70. The van der Waals surface area contributed by atoms with Gasteiger partial charge in [0.2, 0.25) is 0 Å². The van der Waals surface area contributed by atoms with Crippen molar-refractivity contribution in [1.82, 2.24) is 9.88 Å². The lowest BCUT2D eigenvalue weighted by atomic mass is 10.1.